The van der Waals surface area contributed by atoms with E-state index in [9.17, 15) is 10.1 Å². The Morgan fingerprint density at radius 3 is 2.08 bits per heavy atom. The van der Waals surface area contributed by atoms with Gasteiger partial charge >= 0.3 is 0 Å². The Balaban J connectivity index is 1.73. The largest absolute Gasteiger partial charge is 0.271 e. The molecule has 0 unspecified atom stereocenters. The van der Waals surface area contributed by atoms with Crippen LogP contribution in [0.2, 0.25) is 0 Å². The van der Waals surface area contributed by atoms with Gasteiger partial charge < -0.3 is 0 Å². The maximum Gasteiger partial charge on any atom is 0.271 e. The third-order valence-corrected chi connectivity index (χ3v) is 4.62. The first-order valence-electron chi connectivity index (χ1n) is 7.91. The molecule has 6 nitrogen and oxygen atoms in total. The fraction of sp³-hybridized carbons (Fsp3) is 0.0526. The predicted octanol–water partition coefficient (Wildman–Crippen LogP) is 3.96. The lowest BCUT2D eigenvalue weighted by atomic mass is 10.1. The number of benzene rings is 3. The number of nitro groups is 1. The van der Waals surface area contributed by atoms with Crippen molar-refractivity contribution in [3.8, 4) is 11.1 Å². The fourth-order valence-corrected chi connectivity index (χ4v) is 3.53. The summed E-state index contributed by atoms with van der Waals surface area (Å²) >= 11 is 0. The van der Waals surface area contributed by atoms with Crippen LogP contribution in [0.4, 0.5) is 5.69 Å². The van der Waals surface area contributed by atoms with Gasteiger partial charge in [-0.25, -0.2) is 0 Å². The van der Waals surface area contributed by atoms with E-state index in [1.54, 1.807) is 10.9 Å². The zero-order valence-corrected chi connectivity index (χ0v) is 13.0. The van der Waals surface area contributed by atoms with Gasteiger partial charge in [0.15, 0.2) is 0 Å². The highest BCUT2D eigenvalue weighted by atomic mass is 16.6. The normalized spacial score (nSPS) is 13.0. The molecule has 0 fully saturated rings. The molecule has 0 saturated carbocycles. The molecule has 120 valence electrons. The summed E-state index contributed by atoms with van der Waals surface area (Å²) in [6.07, 6.45) is 0. The van der Waals surface area contributed by atoms with Crippen molar-refractivity contribution >= 4 is 16.7 Å². The summed E-state index contributed by atoms with van der Waals surface area (Å²) in [6, 6.07) is 20.9. The standard InChI is InChI=1S/C19H12N4O2/c24-23(25)12-9-10-17-18(11-12)21-22(20-17)19-15-7-3-1-5-13(15)14-6-2-4-8-16(14)19/h1-11,19H. The average molecular weight is 328 g/mol. The molecule has 0 N–H and O–H groups in total. The van der Waals surface area contributed by atoms with E-state index in [4.69, 9.17) is 0 Å². The Kier molecular flexibility index (Phi) is 2.76. The van der Waals surface area contributed by atoms with Crippen molar-refractivity contribution in [2.45, 2.75) is 6.04 Å². The maximum atomic E-state index is 11.0. The van der Waals surface area contributed by atoms with Gasteiger partial charge in [0.05, 0.1) is 4.92 Å². The lowest BCUT2D eigenvalue weighted by Gasteiger charge is -2.12. The molecule has 0 bridgehead atoms. The topological polar surface area (TPSA) is 73.8 Å². The second-order valence-corrected chi connectivity index (χ2v) is 6.03. The highest BCUT2D eigenvalue weighted by Gasteiger charge is 2.31. The summed E-state index contributed by atoms with van der Waals surface area (Å²) < 4.78 is 0. The molecule has 0 radical (unpaired) electrons. The zero-order valence-electron chi connectivity index (χ0n) is 13.0. The minimum atomic E-state index is -0.418. The first kappa shape index (κ1) is 13.9. The van der Waals surface area contributed by atoms with Crippen LogP contribution in [0.5, 0.6) is 0 Å². The number of non-ortho nitro benzene ring substituents is 1. The number of aromatic nitrogens is 3. The molecule has 6 heteroatoms. The Bertz CT molecular complexity index is 1100. The van der Waals surface area contributed by atoms with E-state index in [0.29, 0.717) is 11.0 Å². The van der Waals surface area contributed by atoms with Crippen molar-refractivity contribution in [3.63, 3.8) is 0 Å². The molecule has 5 rings (SSSR count). The Morgan fingerprint density at radius 1 is 0.840 bits per heavy atom. The second kappa shape index (κ2) is 4.98. The summed E-state index contributed by atoms with van der Waals surface area (Å²) in [6.45, 7) is 0. The second-order valence-electron chi connectivity index (χ2n) is 6.03. The molecule has 0 aliphatic heterocycles. The minimum absolute atomic E-state index is 0.0202. The molecule has 1 heterocycles. The smallest absolute Gasteiger partial charge is 0.258 e. The van der Waals surface area contributed by atoms with Gasteiger partial charge in [-0.3, -0.25) is 10.1 Å². The van der Waals surface area contributed by atoms with Gasteiger partial charge in [-0.15, -0.1) is 0 Å². The van der Waals surface area contributed by atoms with Crippen molar-refractivity contribution in [2.75, 3.05) is 0 Å². The van der Waals surface area contributed by atoms with Crippen LogP contribution in [0.1, 0.15) is 17.2 Å². The maximum absolute atomic E-state index is 11.0. The molecular formula is C19H12N4O2. The highest BCUT2D eigenvalue weighted by molar-refractivity contribution is 5.80. The van der Waals surface area contributed by atoms with Crippen LogP contribution in [0, 0.1) is 10.1 Å². The molecule has 25 heavy (non-hydrogen) atoms. The molecule has 0 spiro atoms. The molecule has 1 aliphatic rings. The van der Waals surface area contributed by atoms with Gasteiger partial charge in [0, 0.05) is 12.1 Å². The number of nitrogens with zero attached hydrogens (tertiary/aromatic N) is 4. The van der Waals surface area contributed by atoms with E-state index < -0.39 is 4.92 Å². The summed E-state index contributed by atoms with van der Waals surface area (Å²) in [5.41, 5.74) is 5.82. The Hall–Kier alpha value is -3.54. The van der Waals surface area contributed by atoms with Crippen LogP contribution < -0.4 is 0 Å². The van der Waals surface area contributed by atoms with Crippen LogP contribution >= 0.6 is 0 Å². The van der Waals surface area contributed by atoms with Crippen LogP contribution in [0.25, 0.3) is 22.2 Å². The van der Waals surface area contributed by atoms with E-state index in [1.807, 2.05) is 24.3 Å². The number of nitro benzene ring substituents is 1. The summed E-state index contributed by atoms with van der Waals surface area (Å²) in [5, 5.41) is 20.1. The van der Waals surface area contributed by atoms with Gasteiger partial charge in [0.25, 0.3) is 5.69 Å². The van der Waals surface area contributed by atoms with Gasteiger partial charge in [-0.05, 0) is 28.3 Å². The van der Waals surface area contributed by atoms with E-state index >= 15 is 0 Å². The van der Waals surface area contributed by atoms with Gasteiger partial charge in [0.1, 0.15) is 17.1 Å². The molecule has 1 aromatic heterocycles. The van der Waals surface area contributed by atoms with Gasteiger partial charge in [-0.1, -0.05) is 48.5 Å². The summed E-state index contributed by atoms with van der Waals surface area (Å²) in [7, 11) is 0. The van der Waals surface area contributed by atoms with Gasteiger partial charge in [0.2, 0.25) is 0 Å². The van der Waals surface area contributed by atoms with Crippen LogP contribution in [0.3, 0.4) is 0 Å². The SMILES string of the molecule is O=[N+]([O-])c1ccc2nn(C3c4ccccc4-c4ccccc43)nc2c1. The third kappa shape index (κ3) is 1.97. The number of hydrogen-bond donors (Lipinski definition) is 0. The van der Waals surface area contributed by atoms with E-state index in [-0.39, 0.29) is 11.7 Å². The molecular weight excluding hydrogens is 316 g/mol. The Labute approximate surface area is 142 Å². The molecule has 1 aliphatic carbocycles. The zero-order chi connectivity index (χ0) is 17.0. The molecule has 3 aromatic carbocycles. The number of hydrogen-bond acceptors (Lipinski definition) is 4. The van der Waals surface area contributed by atoms with Crippen molar-refractivity contribution in [2.24, 2.45) is 0 Å². The van der Waals surface area contributed by atoms with Crippen molar-refractivity contribution < 1.29 is 4.92 Å². The molecule has 0 saturated heterocycles. The molecule has 0 atom stereocenters. The van der Waals surface area contributed by atoms with E-state index in [0.717, 1.165) is 11.1 Å². The lowest BCUT2D eigenvalue weighted by molar-refractivity contribution is -0.384. The molecule has 4 aromatic rings. The molecule has 0 amide bonds. The average Bonchev–Trinajstić information content (AvgIpc) is 3.19. The lowest BCUT2D eigenvalue weighted by Crippen LogP contribution is -2.12. The predicted molar refractivity (Wildman–Crippen MR) is 93.3 cm³/mol. The van der Waals surface area contributed by atoms with Crippen LogP contribution in [-0.2, 0) is 0 Å². The number of fused-ring (bicyclic) bond motifs is 4. The first-order chi connectivity index (χ1) is 12.2. The van der Waals surface area contributed by atoms with E-state index in [1.165, 1.54) is 23.3 Å². The van der Waals surface area contributed by atoms with E-state index in [2.05, 4.69) is 34.5 Å². The van der Waals surface area contributed by atoms with Gasteiger partial charge in [-0.2, -0.15) is 15.0 Å². The van der Waals surface area contributed by atoms with Crippen LogP contribution in [-0.4, -0.2) is 19.9 Å². The Morgan fingerprint density at radius 2 is 1.44 bits per heavy atom. The first-order valence-corrected chi connectivity index (χ1v) is 7.91. The van der Waals surface area contributed by atoms with Crippen LogP contribution in [0.15, 0.2) is 66.7 Å². The monoisotopic (exact) mass is 328 g/mol. The highest BCUT2D eigenvalue weighted by Crippen LogP contribution is 2.44. The number of rotatable bonds is 2. The van der Waals surface area contributed by atoms with Crippen molar-refractivity contribution in [1.29, 1.82) is 0 Å². The summed E-state index contributed by atoms with van der Waals surface area (Å²) in [5.74, 6) is 0. The van der Waals surface area contributed by atoms with Crippen molar-refractivity contribution in [3.05, 3.63) is 88.0 Å². The third-order valence-electron chi connectivity index (χ3n) is 4.62. The quantitative estimate of drug-likeness (QED) is 0.363. The van der Waals surface area contributed by atoms with Crippen molar-refractivity contribution in [1.82, 2.24) is 15.0 Å². The fourth-order valence-electron chi connectivity index (χ4n) is 3.53. The summed E-state index contributed by atoms with van der Waals surface area (Å²) in [4.78, 5) is 12.2. The minimum Gasteiger partial charge on any atom is -0.258 e.